The molecule has 0 amide bonds. The minimum Gasteiger partial charge on any atom is -0.506 e. The van der Waals surface area contributed by atoms with Crippen LogP contribution in [0.2, 0.25) is 10.0 Å². The Morgan fingerprint density at radius 1 is 0.955 bits per heavy atom. The fraction of sp³-hybridized carbons (Fsp3) is 0.222. The van der Waals surface area contributed by atoms with Crippen molar-refractivity contribution >= 4 is 28.8 Å². The van der Waals surface area contributed by atoms with Crippen LogP contribution in [-0.4, -0.2) is 10.2 Å². The molecular weight excluding hydrogens is 319 g/mol. The van der Waals surface area contributed by atoms with Gasteiger partial charge in [-0.1, -0.05) is 55.3 Å². The third-order valence-corrected chi connectivity index (χ3v) is 4.28. The van der Waals surface area contributed by atoms with Gasteiger partial charge in [0.15, 0.2) is 0 Å². The van der Waals surface area contributed by atoms with E-state index in [2.05, 4.69) is 19.9 Å². The van der Waals surface area contributed by atoms with E-state index in [0.717, 1.165) is 16.7 Å². The second-order valence-corrected chi connectivity index (χ2v) is 6.70. The number of aromatic hydroxyl groups is 2. The van der Waals surface area contributed by atoms with E-state index in [-0.39, 0.29) is 16.9 Å². The van der Waals surface area contributed by atoms with Crippen molar-refractivity contribution < 1.29 is 10.2 Å². The summed E-state index contributed by atoms with van der Waals surface area (Å²) in [6.45, 7) is 6.13. The molecule has 2 N–H and O–H groups in total. The molecule has 0 aliphatic rings. The summed E-state index contributed by atoms with van der Waals surface area (Å²) in [5, 5.41) is 19.7. The summed E-state index contributed by atoms with van der Waals surface area (Å²) in [4.78, 5) is 0. The number of phenolic OH excluding ortho intramolecular Hbond substituents is 2. The van der Waals surface area contributed by atoms with Gasteiger partial charge in [-0.25, -0.2) is 0 Å². The number of halogens is 2. The van der Waals surface area contributed by atoms with Gasteiger partial charge < -0.3 is 10.2 Å². The highest BCUT2D eigenvalue weighted by Crippen LogP contribution is 2.34. The Morgan fingerprint density at radius 2 is 1.50 bits per heavy atom. The third-order valence-electron chi connectivity index (χ3n) is 3.67. The molecule has 2 nitrogen and oxygen atoms in total. The quantitative estimate of drug-likeness (QED) is 0.745. The zero-order valence-corrected chi connectivity index (χ0v) is 14.2. The van der Waals surface area contributed by atoms with Crippen LogP contribution in [0, 0.1) is 0 Å². The van der Waals surface area contributed by atoms with E-state index in [1.807, 2.05) is 19.1 Å². The van der Waals surface area contributed by atoms with Crippen LogP contribution in [0.3, 0.4) is 0 Å². The van der Waals surface area contributed by atoms with Gasteiger partial charge in [0.1, 0.15) is 11.5 Å². The second-order valence-electron chi connectivity index (χ2n) is 5.88. The Morgan fingerprint density at radius 3 is 2.05 bits per heavy atom. The summed E-state index contributed by atoms with van der Waals surface area (Å²) in [6, 6.07) is 10.4. The largest absolute Gasteiger partial charge is 0.506 e. The number of phenols is 2. The van der Waals surface area contributed by atoms with Crippen LogP contribution >= 0.6 is 23.2 Å². The molecular formula is C18H18Cl2O2. The molecule has 0 saturated carbocycles. The van der Waals surface area contributed by atoms with Crippen LogP contribution < -0.4 is 0 Å². The lowest BCUT2D eigenvalue weighted by Gasteiger charge is -2.23. The van der Waals surface area contributed by atoms with Gasteiger partial charge in [-0.2, -0.15) is 0 Å². The standard InChI is InChI=1S/C18H18Cl2O2/c1-11(12-4-6-16(21)14(19)8-12)10-18(2,3)13-5-7-17(22)15(20)9-13/h4-10,21-22H,1-3H3/b11-10-. The smallest absolute Gasteiger partial charge is 0.134 e. The van der Waals surface area contributed by atoms with Gasteiger partial charge in [-0.05, 0) is 47.9 Å². The van der Waals surface area contributed by atoms with Gasteiger partial charge in [-0.15, -0.1) is 0 Å². The average molecular weight is 337 g/mol. The zero-order chi connectivity index (χ0) is 16.5. The van der Waals surface area contributed by atoms with E-state index in [1.165, 1.54) is 0 Å². The molecule has 2 rings (SSSR count). The average Bonchev–Trinajstić information content (AvgIpc) is 2.44. The first kappa shape index (κ1) is 16.7. The number of hydrogen-bond donors (Lipinski definition) is 2. The van der Waals surface area contributed by atoms with Crippen LogP contribution in [0.15, 0.2) is 42.5 Å². The molecule has 0 aromatic heterocycles. The zero-order valence-electron chi connectivity index (χ0n) is 12.7. The molecule has 0 atom stereocenters. The fourth-order valence-electron chi connectivity index (χ4n) is 2.37. The van der Waals surface area contributed by atoms with Crippen molar-refractivity contribution in [2.45, 2.75) is 26.2 Å². The van der Waals surface area contributed by atoms with Gasteiger partial charge in [0.2, 0.25) is 0 Å². The Kier molecular flexibility index (Phi) is 4.74. The Balaban J connectivity index is 2.39. The second kappa shape index (κ2) is 6.23. The molecule has 116 valence electrons. The maximum atomic E-state index is 9.54. The highest BCUT2D eigenvalue weighted by molar-refractivity contribution is 6.32. The number of rotatable bonds is 3. The highest BCUT2D eigenvalue weighted by atomic mass is 35.5. The van der Waals surface area contributed by atoms with Crippen LogP contribution in [0.5, 0.6) is 11.5 Å². The first-order chi connectivity index (χ1) is 10.2. The number of benzene rings is 2. The van der Waals surface area contributed by atoms with Gasteiger partial charge in [0.05, 0.1) is 10.0 Å². The topological polar surface area (TPSA) is 40.5 Å². The van der Waals surface area contributed by atoms with Crippen molar-refractivity contribution in [2.24, 2.45) is 0 Å². The summed E-state index contributed by atoms with van der Waals surface area (Å²) in [7, 11) is 0. The van der Waals surface area contributed by atoms with Crippen molar-refractivity contribution in [1.29, 1.82) is 0 Å². The van der Waals surface area contributed by atoms with E-state index in [4.69, 9.17) is 23.2 Å². The van der Waals surface area contributed by atoms with E-state index in [0.29, 0.717) is 10.0 Å². The minimum absolute atomic E-state index is 0.0720. The molecule has 0 heterocycles. The summed E-state index contributed by atoms with van der Waals surface area (Å²) in [5.74, 6) is 0.148. The van der Waals surface area contributed by atoms with E-state index in [1.54, 1.807) is 24.3 Å². The molecule has 0 fully saturated rings. The molecule has 0 radical (unpaired) electrons. The number of allylic oxidation sites excluding steroid dienone is 2. The third kappa shape index (κ3) is 3.57. The van der Waals surface area contributed by atoms with Crippen molar-refractivity contribution in [3.63, 3.8) is 0 Å². The first-order valence-electron chi connectivity index (χ1n) is 6.88. The van der Waals surface area contributed by atoms with Crippen molar-refractivity contribution in [3.8, 4) is 11.5 Å². The summed E-state index contributed by atoms with van der Waals surface area (Å²) < 4.78 is 0. The number of hydrogen-bond acceptors (Lipinski definition) is 2. The normalized spacial score (nSPS) is 12.5. The van der Waals surface area contributed by atoms with Crippen LogP contribution in [0.4, 0.5) is 0 Å². The van der Waals surface area contributed by atoms with Gasteiger partial charge >= 0.3 is 0 Å². The lowest BCUT2D eigenvalue weighted by atomic mass is 9.82. The summed E-state index contributed by atoms with van der Waals surface area (Å²) in [6.07, 6.45) is 2.11. The van der Waals surface area contributed by atoms with Crippen LogP contribution in [0.25, 0.3) is 5.57 Å². The van der Waals surface area contributed by atoms with Crippen LogP contribution in [0.1, 0.15) is 31.9 Å². The molecule has 0 bridgehead atoms. The molecule has 0 aliphatic heterocycles. The molecule has 2 aromatic rings. The Hall–Kier alpha value is -1.64. The van der Waals surface area contributed by atoms with Crippen molar-refractivity contribution in [1.82, 2.24) is 0 Å². The molecule has 2 aromatic carbocycles. The summed E-state index contributed by atoms with van der Waals surface area (Å²) in [5.41, 5.74) is 2.71. The molecule has 0 saturated heterocycles. The highest BCUT2D eigenvalue weighted by Gasteiger charge is 2.19. The lowest BCUT2D eigenvalue weighted by molar-refractivity contribution is 0.474. The SMILES string of the molecule is C/C(=C/C(C)(C)c1ccc(O)c(Cl)c1)c1ccc(O)c(Cl)c1. The fourth-order valence-corrected chi connectivity index (χ4v) is 2.73. The molecule has 0 aliphatic carbocycles. The van der Waals surface area contributed by atoms with E-state index >= 15 is 0 Å². The molecule has 22 heavy (non-hydrogen) atoms. The van der Waals surface area contributed by atoms with Gasteiger partial charge in [-0.3, -0.25) is 0 Å². The maximum Gasteiger partial charge on any atom is 0.134 e. The molecule has 0 unspecified atom stereocenters. The van der Waals surface area contributed by atoms with Gasteiger partial charge in [0, 0.05) is 5.41 Å². The Bertz CT molecular complexity index is 734. The van der Waals surface area contributed by atoms with Crippen LogP contribution in [-0.2, 0) is 5.41 Å². The van der Waals surface area contributed by atoms with Gasteiger partial charge in [0.25, 0.3) is 0 Å². The predicted octanol–water partition coefficient (Wildman–Crippen LogP) is 5.79. The van der Waals surface area contributed by atoms with Crippen molar-refractivity contribution in [2.75, 3.05) is 0 Å². The maximum absolute atomic E-state index is 9.54. The molecule has 0 spiro atoms. The summed E-state index contributed by atoms with van der Waals surface area (Å²) >= 11 is 12.0. The lowest BCUT2D eigenvalue weighted by Crippen LogP contribution is -2.14. The monoisotopic (exact) mass is 336 g/mol. The minimum atomic E-state index is -0.272. The van der Waals surface area contributed by atoms with E-state index in [9.17, 15) is 10.2 Å². The molecule has 4 heteroatoms. The van der Waals surface area contributed by atoms with Crippen molar-refractivity contribution in [3.05, 3.63) is 63.6 Å². The first-order valence-corrected chi connectivity index (χ1v) is 7.63. The Labute approximate surface area is 140 Å². The van der Waals surface area contributed by atoms with E-state index < -0.39 is 0 Å². The predicted molar refractivity (Wildman–Crippen MR) is 92.9 cm³/mol.